The zero-order valence-corrected chi connectivity index (χ0v) is 12.5. The number of benzene rings is 1. The summed E-state index contributed by atoms with van der Waals surface area (Å²) in [7, 11) is -0.477. The Balaban J connectivity index is 1.98. The number of hydrogen-bond acceptors (Lipinski definition) is 4. The monoisotopic (exact) mass is 288 g/mol. The van der Waals surface area contributed by atoms with Gasteiger partial charge in [-0.25, -0.2) is 14.3 Å². The van der Waals surface area contributed by atoms with Crippen molar-refractivity contribution in [1.29, 1.82) is 0 Å². The minimum Gasteiger partial charge on any atom is -0.464 e. The zero-order chi connectivity index (χ0) is 15.4. The molecule has 0 saturated carbocycles. The van der Waals surface area contributed by atoms with Crippen LogP contribution in [0.3, 0.4) is 0 Å². The molecule has 0 atom stereocenters. The summed E-state index contributed by atoms with van der Waals surface area (Å²) < 4.78 is 13.0. The molecule has 110 valence electrons. The minimum atomic E-state index is -1.05. The molecule has 0 bridgehead atoms. The fraction of sp³-hybridized carbons (Fsp3) is 0.429. The molecule has 1 aromatic carbocycles. The Morgan fingerprint density at radius 1 is 1.24 bits per heavy atom. The zero-order valence-electron chi connectivity index (χ0n) is 12.5. The first-order valence-corrected chi connectivity index (χ1v) is 6.77. The van der Waals surface area contributed by atoms with Gasteiger partial charge < -0.3 is 14.4 Å². The van der Waals surface area contributed by atoms with Gasteiger partial charge in [-0.3, -0.25) is 0 Å². The van der Waals surface area contributed by atoms with E-state index in [1.54, 1.807) is 12.1 Å². The Bertz CT molecular complexity index is 707. The van der Waals surface area contributed by atoms with Crippen LogP contribution in [0.1, 0.15) is 27.7 Å². The van der Waals surface area contributed by atoms with Crippen LogP contribution in [0.25, 0.3) is 11.0 Å². The molecule has 2 heterocycles. The molecule has 3 rings (SSSR count). The van der Waals surface area contributed by atoms with Gasteiger partial charge in [-0.2, -0.15) is 0 Å². The van der Waals surface area contributed by atoms with E-state index in [0.717, 1.165) is 10.0 Å². The SMILES string of the molecule is CC1(C)OB(c2ccc3c(c2)ncn3C(=O)O)OC1(C)C. The third-order valence-electron chi connectivity index (χ3n) is 4.30. The molecule has 0 radical (unpaired) electrons. The van der Waals surface area contributed by atoms with Crippen LogP contribution in [0.15, 0.2) is 24.5 Å². The van der Waals surface area contributed by atoms with E-state index in [-0.39, 0.29) is 0 Å². The molecule has 0 amide bonds. The molecular formula is C14H17BN2O4. The first-order valence-electron chi connectivity index (χ1n) is 6.77. The molecule has 21 heavy (non-hydrogen) atoms. The number of fused-ring (bicyclic) bond motifs is 1. The molecule has 0 unspecified atom stereocenters. The van der Waals surface area contributed by atoms with Gasteiger partial charge in [0.2, 0.25) is 0 Å². The van der Waals surface area contributed by atoms with Gasteiger partial charge in [-0.15, -0.1) is 0 Å². The summed E-state index contributed by atoms with van der Waals surface area (Å²) in [6.45, 7) is 7.96. The van der Waals surface area contributed by atoms with Crippen molar-refractivity contribution in [3.05, 3.63) is 24.5 Å². The number of carbonyl (C=O) groups is 1. The summed E-state index contributed by atoms with van der Waals surface area (Å²) in [6, 6.07) is 5.33. The van der Waals surface area contributed by atoms with Crippen LogP contribution >= 0.6 is 0 Å². The van der Waals surface area contributed by atoms with Gasteiger partial charge in [0.25, 0.3) is 0 Å². The van der Waals surface area contributed by atoms with Crippen molar-refractivity contribution >= 4 is 29.7 Å². The summed E-state index contributed by atoms with van der Waals surface area (Å²) >= 11 is 0. The second-order valence-corrected chi connectivity index (χ2v) is 6.23. The Morgan fingerprint density at radius 3 is 2.43 bits per heavy atom. The van der Waals surface area contributed by atoms with Crippen LogP contribution in [0.4, 0.5) is 4.79 Å². The maximum atomic E-state index is 11.1. The highest BCUT2D eigenvalue weighted by molar-refractivity contribution is 6.62. The predicted molar refractivity (Wildman–Crippen MR) is 78.9 cm³/mol. The van der Waals surface area contributed by atoms with E-state index >= 15 is 0 Å². The van der Waals surface area contributed by atoms with Crippen molar-refractivity contribution in [3.8, 4) is 0 Å². The van der Waals surface area contributed by atoms with Crippen LogP contribution in [0.2, 0.25) is 0 Å². The number of carboxylic acid groups (broad SMARTS) is 1. The summed E-state index contributed by atoms with van der Waals surface area (Å²) in [6.07, 6.45) is 0.238. The highest BCUT2D eigenvalue weighted by Gasteiger charge is 2.51. The Morgan fingerprint density at radius 2 is 1.86 bits per heavy atom. The van der Waals surface area contributed by atoms with Gasteiger partial charge in [-0.05, 0) is 45.3 Å². The Kier molecular flexibility index (Phi) is 2.90. The van der Waals surface area contributed by atoms with Crippen molar-refractivity contribution in [2.45, 2.75) is 38.9 Å². The molecule has 1 N–H and O–H groups in total. The summed E-state index contributed by atoms with van der Waals surface area (Å²) in [5, 5.41) is 9.06. The first kappa shape index (κ1) is 14.1. The normalized spacial score (nSPS) is 20.1. The third kappa shape index (κ3) is 2.13. The van der Waals surface area contributed by atoms with E-state index < -0.39 is 24.4 Å². The molecule has 1 aliphatic heterocycles. The van der Waals surface area contributed by atoms with E-state index in [4.69, 9.17) is 14.4 Å². The standard InChI is InChI=1S/C14H17BN2O4/c1-13(2)14(3,4)21-15(20-13)9-5-6-11-10(7-9)16-8-17(11)12(18)19/h5-8H,1-4H3,(H,18,19). The van der Waals surface area contributed by atoms with Crippen LogP contribution in [-0.2, 0) is 9.31 Å². The number of aromatic nitrogens is 2. The molecular weight excluding hydrogens is 271 g/mol. The van der Waals surface area contributed by atoms with Gasteiger partial charge in [0.1, 0.15) is 6.33 Å². The fourth-order valence-electron chi connectivity index (χ4n) is 2.31. The van der Waals surface area contributed by atoms with Gasteiger partial charge in [0, 0.05) is 0 Å². The average molecular weight is 288 g/mol. The van der Waals surface area contributed by atoms with Gasteiger partial charge in [0.15, 0.2) is 0 Å². The van der Waals surface area contributed by atoms with Crippen molar-refractivity contribution in [2.24, 2.45) is 0 Å². The number of nitrogens with zero attached hydrogens (tertiary/aromatic N) is 2. The number of rotatable bonds is 1. The lowest BCUT2D eigenvalue weighted by molar-refractivity contribution is 0.00578. The quantitative estimate of drug-likeness (QED) is 0.811. The maximum absolute atomic E-state index is 11.1. The van der Waals surface area contributed by atoms with Crippen LogP contribution < -0.4 is 5.46 Å². The van der Waals surface area contributed by atoms with Crippen molar-refractivity contribution < 1.29 is 19.2 Å². The third-order valence-corrected chi connectivity index (χ3v) is 4.30. The van der Waals surface area contributed by atoms with E-state index in [0.29, 0.717) is 11.0 Å². The lowest BCUT2D eigenvalue weighted by Crippen LogP contribution is -2.41. The van der Waals surface area contributed by atoms with Crippen molar-refractivity contribution in [2.75, 3.05) is 0 Å². The smallest absolute Gasteiger partial charge is 0.464 e. The fourth-order valence-corrected chi connectivity index (χ4v) is 2.31. The molecule has 1 aliphatic rings. The van der Waals surface area contributed by atoms with E-state index in [1.807, 2.05) is 33.8 Å². The second kappa shape index (κ2) is 4.32. The van der Waals surface area contributed by atoms with Crippen LogP contribution in [-0.4, -0.2) is 39.1 Å². The predicted octanol–water partition coefficient (Wildman–Crippen LogP) is 1.86. The van der Waals surface area contributed by atoms with E-state index in [2.05, 4.69) is 4.98 Å². The summed E-state index contributed by atoms with van der Waals surface area (Å²) in [5.41, 5.74) is 1.16. The second-order valence-electron chi connectivity index (χ2n) is 6.23. The molecule has 2 aromatic rings. The average Bonchev–Trinajstić information content (AvgIpc) is 2.87. The molecule has 1 fully saturated rings. The van der Waals surface area contributed by atoms with Gasteiger partial charge in [-0.1, -0.05) is 6.07 Å². The van der Waals surface area contributed by atoms with Crippen molar-refractivity contribution in [1.82, 2.24) is 9.55 Å². The lowest BCUT2D eigenvalue weighted by Gasteiger charge is -2.32. The number of imidazole rings is 1. The summed E-state index contributed by atoms with van der Waals surface area (Å²) in [4.78, 5) is 15.2. The Hall–Kier alpha value is -1.86. The van der Waals surface area contributed by atoms with Gasteiger partial charge in [0.05, 0.1) is 22.2 Å². The molecule has 7 heteroatoms. The number of hydrogen-bond donors (Lipinski definition) is 1. The van der Waals surface area contributed by atoms with E-state index in [9.17, 15) is 4.79 Å². The van der Waals surface area contributed by atoms with Gasteiger partial charge >= 0.3 is 13.2 Å². The minimum absolute atomic E-state index is 0.410. The largest absolute Gasteiger partial charge is 0.494 e. The Labute approximate surface area is 122 Å². The lowest BCUT2D eigenvalue weighted by atomic mass is 9.79. The highest BCUT2D eigenvalue weighted by Crippen LogP contribution is 2.36. The van der Waals surface area contributed by atoms with Crippen LogP contribution in [0.5, 0.6) is 0 Å². The van der Waals surface area contributed by atoms with E-state index in [1.165, 1.54) is 6.33 Å². The molecule has 0 spiro atoms. The maximum Gasteiger partial charge on any atom is 0.494 e. The topological polar surface area (TPSA) is 73.6 Å². The molecule has 1 aromatic heterocycles. The molecule has 1 saturated heterocycles. The highest BCUT2D eigenvalue weighted by atomic mass is 16.7. The van der Waals surface area contributed by atoms with Crippen molar-refractivity contribution in [3.63, 3.8) is 0 Å². The first-order chi connectivity index (χ1) is 9.71. The summed E-state index contributed by atoms with van der Waals surface area (Å²) in [5.74, 6) is 0. The molecule has 0 aliphatic carbocycles. The molecule has 6 nitrogen and oxygen atoms in total. The van der Waals surface area contributed by atoms with Crippen LogP contribution in [0, 0.1) is 0 Å².